The van der Waals surface area contributed by atoms with Gasteiger partial charge in [-0.3, -0.25) is 9.59 Å². The highest BCUT2D eigenvalue weighted by Gasteiger charge is 2.41. The quantitative estimate of drug-likeness (QED) is 0.933. The van der Waals surface area contributed by atoms with Gasteiger partial charge in [-0.15, -0.1) is 0 Å². The maximum absolute atomic E-state index is 12.8. The number of carbonyl (C=O) groups is 2. The van der Waals surface area contributed by atoms with Gasteiger partial charge in [-0.25, -0.2) is 0 Å². The Hall–Kier alpha value is -1.55. The lowest BCUT2D eigenvalue weighted by Gasteiger charge is -2.34. The van der Waals surface area contributed by atoms with E-state index in [-0.39, 0.29) is 17.9 Å². The summed E-state index contributed by atoms with van der Waals surface area (Å²) in [5.41, 5.74) is 0.0514. The van der Waals surface area contributed by atoms with Crippen LogP contribution in [0.15, 0.2) is 24.3 Å². The molecule has 0 aliphatic carbocycles. The second kappa shape index (κ2) is 6.06. The molecular weight excluding hydrogens is 288 g/mol. The first-order chi connectivity index (χ1) is 9.87. The van der Waals surface area contributed by atoms with Gasteiger partial charge in [-0.05, 0) is 31.9 Å². The van der Waals surface area contributed by atoms with Crippen LogP contribution in [-0.2, 0) is 16.1 Å². The van der Waals surface area contributed by atoms with E-state index in [0.717, 1.165) is 5.56 Å². The second-order valence-electron chi connectivity index (χ2n) is 5.81. The van der Waals surface area contributed by atoms with Gasteiger partial charge in [0.05, 0.1) is 0 Å². The minimum absolute atomic E-state index is 0.0525. The molecule has 2 amide bonds. The number of nitrogens with zero attached hydrogens (tertiary/aromatic N) is 1. The van der Waals surface area contributed by atoms with Crippen molar-refractivity contribution in [1.82, 2.24) is 10.2 Å². The van der Waals surface area contributed by atoms with Crippen LogP contribution in [-0.4, -0.2) is 28.3 Å². The third kappa shape index (κ3) is 3.21. The molecule has 2 rings (SSSR count). The van der Waals surface area contributed by atoms with E-state index in [1.807, 2.05) is 38.1 Å². The maximum atomic E-state index is 12.8. The van der Waals surface area contributed by atoms with Crippen LogP contribution in [0.2, 0.25) is 5.02 Å². The summed E-state index contributed by atoms with van der Waals surface area (Å²) in [6.45, 7) is 6.01. The van der Waals surface area contributed by atoms with E-state index in [0.29, 0.717) is 24.4 Å². The fourth-order valence-corrected chi connectivity index (χ4v) is 2.78. The Morgan fingerprint density at radius 1 is 1.38 bits per heavy atom. The zero-order valence-corrected chi connectivity index (χ0v) is 13.4. The lowest BCUT2D eigenvalue weighted by atomic mass is 9.96. The molecule has 0 spiro atoms. The highest BCUT2D eigenvalue weighted by atomic mass is 35.5. The number of hydrogen-bond donors (Lipinski definition) is 1. The molecule has 1 heterocycles. The van der Waals surface area contributed by atoms with E-state index in [9.17, 15) is 9.59 Å². The standard InChI is InChI=1S/C16H21ClN2O2/c1-4-16(3)15(21)19(11(2)9-14(20)18-16)10-12-7-5-6-8-13(12)17/h5-8,11H,4,9-10H2,1-3H3,(H,18,20). The van der Waals surface area contributed by atoms with E-state index in [1.54, 1.807) is 11.8 Å². The fraction of sp³-hybridized carbons (Fsp3) is 0.500. The van der Waals surface area contributed by atoms with E-state index in [4.69, 9.17) is 11.6 Å². The van der Waals surface area contributed by atoms with Crippen LogP contribution >= 0.6 is 11.6 Å². The molecule has 1 saturated heterocycles. The van der Waals surface area contributed by atoms with Crippen molar-refractivity contribution in [2.24, 2.45) is 0 Å². The SMILES string of the molecule is CCC1(C)NC(=O)CC(C)N(Cc2ccccc2Cl)C1=O. The predicted molar refractivity (Wildman–Crippen MR) is 82.9 cm³/mol. The summed E-state index contributed by atoms with van der Waals surface area (Å²) in [5.74, 6) is -0.134. The average Bonchev–Trinajstić information content (AvgIpc) is 2.51. The highest BCUT2D eigenvalue weighted by Crippen LogP contribution is 2.25. The van der Waals surface area contributed by atoms with Crippen molar-refractivity contribution < 1.29 is 9.59 Å². The van der Waals surface area contributed by atoms with Gasteiger partial charge in [0.2, 0.25) is 11.8 Å². The van der Waals surface area contributed by atoms with Crippen molar-refractivity contribution in [1.29, 1.82) is 0 Å². The van der Waals surface area contributed by atoms with Gasteiger partial charge >= 0.3 is 0 Å². The van der Waals surface area contributed by atoms with Crippen LogP contribution in [0.1, 0.15) is 39.2 Å². The van der Waals surface area contributed by atoms with Crippen molar-refractivity contribution in [3.63, 3.8) is 0 Å². The first-order valence-electron chi connectivity index (χ1n) is 7.23. The van der Waals surface area contributed by atoms with Gasteiger partial charge in [0.25, 0.3) is 0 Å². The maximum Gasteiger partial charge on any atom is 0.248 e. The van der Waals surface area contributed by atoms with E-state index < -0.39 is 5.54 Å². The molecule has 0 aromatic heterocycles. The minimum Gasteiger partial charge on any atom is -0.342 e. The molecule has 1 fully saturated rings. The van der Waals surface area contributed by atoms with Crippen LogP contribution in [0.4, 0.5) is 0 Å². The summed E-state index contributed by atoms with van der Waals surface area (Å²) in [7, 11) is 0. The molecule has 1 aromatic carbocycles. The Kier molecular flexibility index (Phi) is 4.57. The largest absolute Gasteiger partial charge is 0.342 e. The van der Waals surface area contributed by atoms with Crippen LogP contribution < -0.4 is 5.32 Å². The smallest absolute Gasteiger partial charge is 0.248 e. The lowest BCUT2D eigenvalue weighted by Crippen LogP contribution is -2.55. The van der Waals surface area contributed by atoms with Gasteiger partial charge in [-0.1, -0.05) is 36.7 Å². The van der Waals surface area contributed by atoms with Crippen LogP contribution in [0.5, 0.6) is 0 Å². The second-order valence-corrected chi connectivity index (χ2v) is 6.22. The number of halogens is 1. The highest BCUT2D eigenvalue weighted by molar-refractivity contribution is 6.31. The van der Waals surface area contributed by atoms with Crippen molar-refractivity contribution in [3.05, 3.63) is 34.9 Å². The Labute approximate surface area is 130 Å². The van der Waals surface area contributed by atoms with E-state index in [2.05, 4.69) is 5.32 Å². The van der Waals surface area contributed by atoms with Crippen molar-refractivity contribution in [2.45, 2.75) is 51.7 Å². The molecule has 1 aliphatic heterocycles. The van der Waals surface area contributed by atoms with Crippen molar-refractivity contribution >= 4 is 23.4 Å². The third-order valence-electron chi connectivity index (χ3n) is 4.17. The van der Waals surface area contributed by atoms with Crippen LogP contribution in [0.25, 0.3) is 0 Å². The lowest BCUT2D eigenvalue weighted by molar-refractivity contribution is -0.140. The summed E-state index contributed by atoms with van der Waals surface area (Å²) in [4.78, 5) is 26.6. The summed E-state index contributed by atoms with van der Waals surface area (Å²) in [6.07, 6.45) is 0.870. The molecule has 0 bridgehead atoms. The number of amides is 2. The van der Waals surface area contributed by atoms with Crippen LogP contribution in [0.3, 0.4) is 0 Å². The molecule has 114 valence electrons. The molecule has 2 unspecified atom stereocenters. The first-order valence-corrected chi connectivity index (χ1v) is 7.60. The number of carbonyl (C=O) groups excluding carboxylic acids is 2. The molecule has 0 radical (unpaired) electrons. The van der Waals surface area contributed by atoms with Crippen molar-refractivity contribution in [3.8, 4) is 0 Å². The molecule has 1 aliphatic rings. The Morgan fingerprint density at radius 3 is 2.67 bits per heavy atom. The molecular formula is C16H21ClN2O2. The summed E-state index contributed by atoms with van der Waals surface area (Å²) in [6, 6.07) is 7.33. The zero-order chi connectivity index (χ0) is 15.6. The number of nitrogens with one attached hydrogen (secondary N) is 1. The minimum atomic E-state index is -0.844. The topological polar surface area (TPSA) is 49.4 Å². The first kappa shape index (κ1) is 15.8. The van der Waals surface area contributed by atoms with Gasteiger partial charge < -0.3 is 10.2 Å². The molecule has 2 atom stereocenters. The average molecular weight is 309 g/mol. The normalized spacial score (nSPS) is 26.5. The third-order valence-corrected chi connectivity index (χ3v) is 4.54. The molecule has 0 saturated carbocycles. The number of rotatable bonds is 3. The Morgan fingerprint density at radius 2 is 2.05 bits per heavy atom. The molecule has 5 heteroatoms. The molecule has 21 heavy (non-hydrogen) atoms. The van der Waals surface area contributed by atoms with E-state index in [1.165, 1.54) is 0 Å². The van der Waals surface area contributed by atoms with Crippen LogP contribution in [0, 0.1) is 0 Å². The van der Waals surface area contributed by atoms with E-state index >= 15 is 0 Å². The molecule has 1 N–H and O–H groups in total. The van der Waals surface area contributed by atoms with Gasteiger partial charge in [0.1, 0.15) is 5.54 Å². The summed E-state index contributed by atoms with van der Waals surface area (Å²) < 4.78 is 0. The predicted octanol–water partition coefficient (Wildman–Crippen LogP) is 2.75. The fourth-order valence-electron chi connectivity index (χ4n) is 2.59. The van der Waals surface area contributed by atoms with Crippen molar-refractivity contribution in [2.75, 3.05) is 0 Å². The Bertz CT molecular complexity index is 561. The monoisotopic (exact) mass is 308 g/mol. The number of hydrogen-bond acceptors (Lipinski definition) is 2. The zero-order valence-electron chi connectivity index (χ0n) is 12.6. The molecule has 4 nitrogen and oxygen atoms in total. The van der Waals surface area contributed by atoms with Gasteiger partial charge in [-0.2, -0.15) is 0 Å². The number of benzene rings is 1. The summed E-state index contributed by atoms with van der Waals surface area (Å²) in [5, 5.41) is 3.49. The molecule has 1 aromatic rings. The Balaban J connectivity index is 2.33. The van der Waals surface area contributed by atoms with Gasteiger partial charge in [0.15, 0.2) is 0 Å². The summed E-state index contributed by atoms with van der Waals surface area (Å²) >= 11 is 6.19. The van der Waals surface area contributed by atoms with Gasteiger partial charge in [0, 0.05) is 24.0 Å².